The Balaban J connectivity index is 1.70. The zero-order chi connectivity index (χ0) is 14.9. The molecule has 3 aromatic heterocycles. The van der Waals surface area contributed by atoms with Gasteiger partial charge in [-0.1, -0.05) is 11.6 Å². The van der Waals surface area contributed by atoms with Gasteiger partial charge in [0.2, 0.25) is 0 Å². The zero-order valence-corrected chi connectivity index (χ0v) is 12.1. The Hall–Kier alpha value is -2.57. The maximum absolute atomic E-state index is 12.5. The van der Waals surface area contributed by atoms with Crippen molar-refractivity contribution < 1.29 is 0 Å². The van der Waals surface area contributed by atoms with Crippen LogP contribution >= 0.6 is 0 Å². The lowest BCUT2D eigenvalue weighted by molar-refractivity contribution is 0.609. The standard InChI is InChI=1S/C15H16N6O/c22-15-13-14(21-12(18-19-13)6-8-17-21)16-10-20(15)9-7-11-4-2-1-3-5-11/h4,6,8,10H,1-3,5,7,9H2. The van der Waals surface area contributed by atoms with Gasteiger partial charge in [-0.2, -0.15) is 9.61 Å². The average Bonchev–Trinajstić information content (AvgIpc) is 3.04. The second kappa shape index (κ2) is 5.32. The Labute approximate surface area is 126 Å². The van der Waals surface area contributed by atoms with E-state index in [0.717, 1.165) is 19.3 Å². The highest BCUT2D eigenvalue weighted by Gasteiger charge is 2.11. The molecule has 0 N–H and O–H groups in total. The van der Waals surface area contributed by atoms with Crippen LogP contribution in [0.4, 0.5) is 0 Å². The van der Waals surface area contributed by atoms with Gasteiger partial charge in [0.1, 0.15) is 6.33 Å². The van der Waals surface area contributed by atoms with Gasteiger partial charge in [-0.25, -0.2) is 4.98 Å². The summed E-state index contributed by atoms with van der Waals surface area (Å²) in [6.07, 6.45) is 11.2. The quantitative estimate of drug-likeness (QED) is 0.688. The van der Waals surface area contributed by atoms with Gasteiger partial charge in [-0.05, 0) is 32.1 Å². The van der Waals surface area contributed by atoms with Gasteiger partial charge < -0.3 is 0 Å². The molecular formula is C15H16N6O. The highest BCUT2D eigenvalue weighted by atomic mass is 16.1. The molecule has 1 aliphatic carbocycles. The molecule has 4 rings (SSSR count). The molecule has 1 aliphatic rings. The first-order valence-corrected chi connectivity index (χ1v) is 7.56. The van der Waals surface area contributed by atoms with Crippen molar-refractivity contribution in [3.63, 3.8) is 0 Å². The Kier molecular flexibility index (Phi) is 3.17. The molecule has 0 amide bonds. The minimum Gasteiger partial charge on any atom is -0.297 e. The number of hydrogen-bond acceptors (Lipinski definition) is 5. The number of aromatic nitrogens is 6. The van der Waals surface area contributed by atoms with Crippen LogP contribution in [0.15, 0.2) is 35.0 Å². The minimum atomic E-state index is -0.161. The van der Waals surface area contributed by atoms with E-state index in [1.165, 1.54) is 22.9 Å². The highest BCUT2D eigenvalue weighted by molar-refractivity contribution is 5.70. The number of allylic oxidation sites excluding steroid dienone is 2. The summed E-state index contributed by atoms with van der Waals surface area (Å²) in [6, 6.07) is 1.73. The summed E-state index contributed by atoms with van der Waals surface area (Å²) in [5.41, 5.74) is 2.58. The Morgan fingerprint density at radius 2 is 2.18 bits per heavy atom. The van der Waals surface area contributed by atoms with Crippen molar-refractivity contribution in [1.82, 2.24) is 29.4 Å². The maximum Gasteiger partial charge on any atom is 0.283 e. The van der Waals surface area contributed by atoms with Crippen LogP contribution in [-0.4, -0.2) is 29.4 Å². The summed E-state index contributed by atoms with van der Waals surface area (Å²) < 4.78 is 3.15. The third-order valence-corrected chi connectivity index (χ3v) is 4.13. The number of fused-ring (bicyclic) bond motifs is 3. The summed E-state index contributed by atoms with van der Waals surface area (Å²) in [5, 5.41) is 12.2. The third-order valence-electron chi connectivity index (χ3n) is 4.13. The smallest absolute Gasteiger partial charge is 0.283 e. The van der Waals surface area contributed by atoms with Crippen molar-refractivity contribution >= 4 is 16.8 Å². The molecule has 3 aromatic rings. The predicted molar refractivity (Wildman–Crippen MR) is 81.5 cm³/mol. The molecule has 3 heterocycles. The highest BCUT2D eigenvalue weighted by Crippen LogP contribution is 2.20. The van der Waals surface area contributed by atoms with Crippen LogP contribution in [0, 0.1) is 0 Å². The lowest BCUT2D eigenvalue weighted by atomic mass is 9.97. The SMILES string of the molecule is O=c1c2nnc3ccnn3c2ncn1CCC1=CCCCC1. The lowest BCUT2D eigenvalue weighted by Gasteiger charge is -2.13. The minimum absolute atomic E-state index is 0.161. The fourth-order valence-corrected chi connectivity index (χ4v) is 2.90. The first-order valence-electron chi connectivity index (χ1n) is 7.56. The summed E-state index contributed by atoms with van der Waals surface area (Å²) in [4.78, 5) is 16.9. The zero-order valence-electron chi connectivity index (χ0n) is 12.1. The third kappa shape index (κ3) is 2.18. The summed E-state index contributed by atoms with van der Waals surface area (Å²) in [6.45, 7) is 0.631. The van der Waals surface area contributed by atoms with Gasteiger partial charge in [0.25, 0.3) is 5.56 Å². The van der Waals surface area contributed by atoms with Gasteiger partial charge in [-0.3, -0.25) is 9.36 Å². The molecular weight excluding hydrogens is 280 g/mol. The van der Waals surface area contributed by atoms with Crippen LogP contribution in [0.2, 0.25) is 0 Å². The Morgan fingerprint density at radius 3 is 3.05 bits per heavy atom. The van der Waals surface area contributed by atoms with E-state index in [-0.39, 0.29) is 11.1 Å². The van der Waals surface area contributed by atoms with Crippen molar-refractivity contribution in [3.05, 3.63) is 40.6 Å². The fourth-order valence-electron chi connectivity index (χ4n) is 2.90. The monoisotopic (exact) mass is 296 g/mol. The van der Waals surface area contributed by atoms with Crippen LogP contribution in [0.3, 0.4) is 0 Å². The molecule has 0 spiro atoms. The molecule has 22 heavy (non-hydrogen) atoms. The molecule has 7 heteroatoms. The molecule has 0 saturated heterocycles. The molecule has 0 bridgehead atoms. The first-order chi connectivity index (χ1) is 10.8. The second-order valence-corrected chi connectivity index (χ2v) is 5.57. The van der Waals surface area contributed by atoms with Gasteiger partial charge in [-0.15, -0.1) is 10.2 Å². The van der Waals surface area contributed by atoms with Gasteiger partial charge >= 0.3 is 0 Å². The Morgan fingerprint density at radius 1 is 1.23 bits per heavy atom. The van der Waals surface area contributed by atoms with Crippen LogP contribution in [0.5, 0.6) is 0 Å². The van der Waals surface area contributed by atoms with Gasteiger partial charge in [0.05, 0.1) is 6.20 Å². The largest absolute Gasteiger partial charge is 0.297 e. The van der Waals surface area contributed by atoms with Crippen molar-refractivity contribution in [2.75, 3.05) is 0 Å². The van der Waals surface area contributed by atoms with Crippen molar-refractivity contribution in [3.8, 4) is 0 Å². The molecule has 0 atom stereocenters. The summed E-state index contributed by atoms with van der Waals surface area (Å²) >= 11 is 0. The predicted octanol–water partition coefficient (Wildman–Crippen LogP) is 1.72. The van der Waals surface area contributed by atoms with Crippen molar-refractivity contribution in [1.29, 1.82) is 0 Å². The topological polar surface area (TPSA) is 78.0 Å². The molecule has 0 radical (unpaired) electrons. The van der Waals surface area contributed by atoms with E-state index in [1.807, 2.05) is 0 Å². The van der Waals surface area contributed by atoms with Gasteiger partial charge in [0.15, 0.2) is 16.8 Å². The molecule has 0 saturated carbocycles. The first kappa shape index (κ1) is 13.1. The summed E-state index contributed by atoms with van der Waals surface area (Å²) in [5.74, 6) is 0. The van der Waals surface area contributed by atoms with Crippen molar-refractivity contribution in [2.24, 2.45) is 0 Å². The van der Waals surface area contributed by atoms with E-state index < -0.39 is 0 Å². The van der Waals surface area contributed by atoms with E-state index in [9.17, 15) is 4.79 Å². The molecule has 112 valence electrons. The lowest BCUT2D eigenvalue weighted by Crippen LogP contribution is -2.23. The Bertz CT molecular complexity index is 923. The maximum atomic E-state index is 12.5. The normalized spacial score (nSPS) is 15.4. The molecule has 0 fully saturated rings. The number of hydrogen-bond donors (Lipinski definition) is 0. The molecule has 7 nitrogen and oxygen atoms in total. The molecule has 0 aliphatic heterocycles. The fraction of sp³-hybridized carbons (Fsp3) is 0.400. The van der Waals surface area contributed by atoms with Crippen LogP contribution in [0.25, 0.3) is 16.8 Å². The van der Waals surface area contributed by atoms with E-state index >= 15 is 0 Å². The molecule has 0 aromatic carbocycles. The second-order valence-electron chi connectivity index (χ2n) is 5.57. The van der Waals surface area contributed by atoms with E-state index in [0.29, 0.717) is 17.8 Å². The number of aryl methyl sites for hydroxylation is 1. The van der Waals surface area contributed by atoms with Crippen LogP contribution < -0.4 is 5.56 Å². The van der Waals surface area contributed by atoms with Gasteiger partial charge in [0, 0.05) is 12.6 Å². The van der Waals surface area contributed by atoms with E-state index in [1.54, 1.807) is 23.2 Å². The molecule has 0 unspecified atom stereocenters. The summed E-state index contributed by atoms with van der Waals surface area (Å²) in [7, 11) is 0. The van der Waals surface area contributed by atoms with Crippen molar-refractivity contribution in [2.45, 2.75) is 38.6 Å². The van der Waals surface area contributed by atoms with E-state index in [4.69, 9.17) is 0 Å². The van der Waals surface area contributed by atoms with Crippen LogP contribution in [0.1, 0.15) is 32.1 Å². The number of nitrogens with zero attached hydrogens (tertiary/aromatic N) is 6. The van der Waals surface area contributed by atoms with Crippen LogP contribution in [-0.2, 0) is 6.54 Å². The number of rotatable bonds is 3. The van der Waals surface area contributed by atoms with E-state index in [2.05, 4.69) is 26.4 Å². The average molecular weight is 296 g/mol.